The molecule has 0 saturated heterocycles. The van der Waals surface area contributed by atoms with E-state index in [1.165, 1.54) is 11.2 Å². The van der Waals surface area contributed by atoms with E-state index < -0.39 is 0 Å². The lowest BCUT2D eigenvalue weighted by molar-refractivity contribution is -0.117. The van der Waals surface area contributed by atoms with Crippen LogP contribution in [0.5, 0.6) is 0 Å². The molecule has 0 saturated carbocycles. The lowest BCUT2D eigenvalue weighted by atomic mass is 10.2. The summed E-state index contributed by atoms with van der Waals surface area (Å²) in [5.41, 5.74) is 1.31. The Balaban J connectivity index is 1.70. The number of benzene rings is 1. The number of carbonyl (C=O) groups excluding carboxylic acids is 1. The SMILES string of the molecule is CCN(CC(=O)Nc1cc(Cl)ccc1-n1cncn1)Cc1ccc(Br)s1. The minimum atomic E-state index is -0.105. The standard InChI is InChI=1S/C17H17BrClN5OS/c1-2-23(8-13-4-6-16(18)26-13)9-17(25)22-14-7-12(19)3-5-15(14)24-11-20-10-21-24/h3-7,10-11H,2,8-9H2,1H3,(H,22,25). The second-order valence-corrected chi connectivity index (χ2v) is 8.54. The van der Waals surface area contributed by atoms with Gasteiger partial charge >= 0.3 is 0 Å². The van der Waals surface area contributed by atoms with Crippen molar-refractivity contribution in [3.63, 3.8) is 0 Å². The van der Waals surface area contributed by atoms with E-state index in [1.54, 1.807) is 40.5 Å². The molecule has 0 aliphatic carbocycles. The summed E-state index contributed by atoms with van der Waals surface area (Å²) in [7, 11) is 0. The molecule has 3 aromatic rings. The van der Waals surface area contributed by atoms with Gasteiger partial charge in [0, 0.05) is 16.4 Å². The lowest BCUT2D eigenvalue weighted by Gasteiger charge is -2.19. The van der Waals surface area contributed by atoms with Crippen LogP contribution in [0, 0.1) is 0 Å². The van der Waals surface area contributed by atoms with E-state index in [4.69, 9.17) is 11.6 Å². The summed E-state index contributed by atoms with van der Waals surface area (Å²) in [6.45, 7) is 3.82. The highest BCUT2D eigenvalue weighted by atomic mass is 79.9. The molecule has 0 bridgehead atoms. The van der Waals surface area contributed by atoms with Gasteiger partial charge in [0.15, 0.2) is 0 Å². The first-order valence-electron chi connectivity index (χ1n) is 7.96. The zero-order chi connectivity index (χ0) is 18.5. The molecule has 0 unspecified atom stereocenters. The number of nitrogens with one attached hydrogen (secondary N) is 1. The van der Waals surface area contributed by atoms with Crippen LogP contribution < -0.4 is 5.32 Å². The maximum atomic E-state index is 12.6. The van der Waals surface area contributed by atoms with Crippen molar-refractivity contribution in [2.24, 2.45) is 0 Å². The molecule has 0 aliphatic rings. The smallest absolute Gasteiger partial charge is 0.238 e. The highest BCUT2D eigenvalue weighted by molar-refractivity contribution is 9.11. The number of nitrogens with zero attached hydrogens (tertiary/aromatic N) is 4. The Kier molecular flexibility index (Phi) is 6.42. The van der Waals surface area contributed by atoms with Crippen LogP contribution in [-0.2, 0) is 11.3 Å². The van der Waals surface area contributed by atoms with Crippen LogP contribution in [0.15, 0.2) is 46.8 Å². The molecule has 9 heteroatoms. The van der Waals surface area contributed by atoms with Gasteiger partial charge in [0.1, 0.15) is 12.7 Å². The second-order valence-electron chi connectivity index (χ2n) is 5.56. The molecule has 0 fully saturated rings. The van der Waals surface area contributed by atoms with Crippen molar-refractivity contribution in [1.29, 1.82) is 0 Å². The highest BCUT2D eigenvalue weighted by Crippen LogP contribution is 2.25. The van der Waals surface area contributed by atoms with E-state index in [2.05, 4.69) is 42.3 Å². The third-order valence-electron chi connectivity index (χ3n) is 3.72. The number of hydrogen-bond donors (Lipinski definition) is 1. The minimum Gasteiger partial charge on any atom is -0.323 e. The molecule has 6 nitrogen and oxygen atoms in total. The number of amides is 1. The fourth-order valence-electron chi connectivity index (χ4n) is 2.47. The summed E-state index contributed by atoms with van der Waals surface area (Å²) in [5.74, 6) is -0.105. The Morgan fingerprint density at radius 3 is 2.88 bits per heavy atom. The van der Waals surface area contributed by atoms with Gasteiger partial charge in [-0.3, -0.25) is 9.69 Å². The van der Waals surface area contributed by atoms with Gasteiger partial charge in [-0.25, -0.2) is 9.67 Å². The van der Waals surface area contributed by atoms with Gasteiger partial charge in [0.05, 0.1) is 21.7 Å². The summed E-state index contributed by atoms with van der Waals surface area (Å²) in [5, 5.41) is 7.59. The van der Waals surface area contributed by atoms with Crippen molar-refractivity contribution in [3.05, 3.63) is 56.7 Å². The molecule has 136 valence electrons. The normalized spacial score (nSPS) is 11.1. The van der Waals surface area contributed by atoms with Crippen LogP contribution in [0.3, 0.4) is 0 Å². The van der Waals surface area contributed by atoms with Gasteiger partial charge in [0.25, 0.3) is 0 Å². The van der Waals surface area contributed by atoms with E-state index in [0.29, 0.717) is 16.4 Å². The number of rotatable bonds is 7. The number of carbonyl (C=O) groups is 1. The van der Waals surface area contributed by atoms with Gasteiger partial charge in [-0.1, -0.05) is 18.5 Å². The lowest BCUT2D eigenvalue weighted by Crippen LogP contribution is -2.32. The van der Waals surface area contributed by atoms with Crippen molar-refractivity contribution >= 4 is 50.5 Å². The topological polar surface area (TPSA) is 63.1 Å². The van der Waals surface area contributed by atoms with Crippen molar-refractivity contribution < 1.29 is 4.79 Å². The van der Waals surface area contributed by atoms with Crippen LogP contribution in [0.4, 0.5) is 5.69 Å². The first-order chi connectivity index (χ1) is 12.5. The van der Waals surface area contributed by atoms with E-state index in [0.717, 1.165) is 16.9 Å². The molecule has 2 aromatic heterocycles. The van der Waals surface area contributed by atoms with Crippen molar-refractivity contribution in [2.45, 2.75) is 13.5 Å². The largest absolute Gasteiger partial charge is 0.323 e. The predicted octanol–water partition coefficient (Wildman–Crippen LogP) is 4.21. The first kappa shape index (κ1) is 19.0. The molecule has 1 N–H and O–H groups in total. The number of aromatic nitrogens is 3. The van der Waals surface area contributed by atoms with Gasteiger partial charge < -0.3 is 5.32 Å². The van der Waals surface area contributed by atoms with Crippen LogP contribution in [0.2, 0.25) is 5.02 Å². The average Bonchev–Trinajstić information content (AvgIpc) is 3.26. The third kappa shape index (κ3) is 4.91. The molecule has 26 heavy (non-hydrogen) atoms. The van der Waals surface area contributed by atoms with E-state index in [-0.39, 0.29) is 12.5 Å². The summed E-state index contributed by atoms with van der Waals surface area (Å²) in [6, 6.07) is 9.34. The molecule has 0 aliphatic heterocycles. The zero-order valence-corrected chi connectivity index (χ0v) is 17.2. The minimum absolute atomic E-state index is 0.105. The molecule has 0 radical (unpaired) electrons. The maximum absolute atomic E-state index is 12.6. The maximum Gasteiger partial charge on any atom is 0.238 e. The molecule has 3 rings (SSSR count). The Hall–Kier alpha value is -1.74. The van der Waals surface area contributed by atoms with Crippen LogP contribution in [-0.4, -0.2) is 38.7 Å². The Bertz CT molecular complexity index is 883. The van der Waals surface area contributed by atoms with Gasteiger partial charge in [0.2, 0.25) is 5.91 Å². The van der Waals surface area contributed by atoms with E-state index in [9.17, 15) is 4.79 Å². The predicted molar refractivity (Wildman–Crippen MR) is 108 cm³/mol. The van der Waals surface area contributed by atoms with Crippen molar-refractivity contribution in [2.75, 3.05) is 18.4 Å². The molecule has 2 heterocycles. The monoisotopic (exact) mass is 453 g/mol. The molecular weight excluding hydrogens is 438 g/mol. The van der Waals surface area contributed by atoms with Gasteiger partial charge in [-0.05, 0) is 52.8 Å². The first-order valence-corrected chi connectivity index (χ1v) is 9.95. The number of anilines is 1. The Morgan fingerprint density at radius 2 is 2.23 bits per heavy atom. The molecule has 0 atom stereocenters. The van der Waals surface area contributed by atoms with Crippen molar-refractivity contribution in [1.82, 2.24) is 19.7 Å². The summed E-state index contributed by atoms with van der Waals surface area (Å²) >= 11 is 11.2. The highest BCUT2D eigenvalue weighted by Gasteiger charge is 2.14. The number of hydrogen-bond acceptors (Lipinski definition) is 5. The number of halogens is 2. The zero-order valence-electron chi connectivity index (χ0n) is 14.0. The van der Waals surface area contributed by atoms with E-state index >= 15 is 0 Å². The summed E-state index contributed by atoms with van der Waals surface area (Å²) < 4.78 is 2.68. The van der Waals surface area contributed by atoms with Gasteiger partial charge in [-0.15, -0.1) is 11.3 Å². The van der Waals surface area contributed by atoms with E-state index in [1.807, 2.05) is 13.0 Å². The quantitative estimate of drug-likeness (QED) is 0.581. The molecular formula is C17H17BrClN5OS. The fourth-order valence-corrected chi connectivity index (χ4v) is 4.17. The van der Waals surface area contributed by atoms with Crippen LogP contribution in [0.1, 0.15) is 11.8 Å². The third-order valence-corrected chi connectivity index (χ3v) is 5.56. The summed E-state index contributed by atoms with van der Waals surface area (Å²) in [4.78, 5) is 19.8. The molecule has 1 amide bonds. The van der Waals surface area contributed by atoms with Crippen LogP contribution >= 0.6 is 38.9 Å². The number of thiophene rings is 1. The summed E-state index contributed by atoms with van der Waals surface area (Å²) in [6.07, 6.45) is 3.02. The van der Waals surface area contributed by atoms with Crippen molar-refractivity contribution in [3.8, 4) is 5.69 Å². The second kappa shape index (κ2) is 8.77. The Morgan fingerprint density at radius 1 is 1.38 bits per heavy atom. The average molecular weight is 455 g/mol. The number of likely N-dealkylation sites (N-methyl/N-ethyl adjacent to an activating group) is 1. The Labute approximate surface area is 168 Å². The van der Waals surface area contributed by atoms with Crippen LogP contribution in [0.25, 0.3) is 5.69 Å². The molecule has 0 spiro atoms. The fraction of sp³-hybridized carbons (Fsp3) is 0.235. The molecule has 1 aromatic carbocycles. The van der Waals surface area contributed by atoms with Gasteiger partial charge in [-0.2, -0.15) is 5.10 Å².